The molecule has 1 saturated carbocycles. The van der Waals surface area contributed by atoms with Gasteiger partial charge in [-0.05, 0) is 42.7 Å². The van der Waals surface area contributed by atoms with E-state index in [0.717, 1.165) is 19.3 Å². The maximum absolute atomic E-state index is 10.8. The number of nitrogens with two attached hydrogens (primary N) is 1. The molecule has 0 bridgehead atoms. The lowest BCUT2D eigenvalue weighted by atomic mass is 9.59. The van der Waals surface area contributed by atoms with Gasteiger partial charge in [0, 0.05) is 0 Å². The fourth-order valence-electron chi connectivity index (χ4n) is 2.96. The van der Waals surface area contributed by atoms with Gasteiger partial charge in [0.25, 0.3) is 0 Å². The molecule has 0 radical (unpaired) electrons. The van der Waals surface area contributed by atoms with Crippen LogP contribution in [0, 0.1) is 11.3 Å². The van der Waals surface area contributed by atoms with Crippen LogP contribution >= 0.6 is 0 Å². The Hall–Kier alpha value is -1.35. The molecule has 1 aromatic rings. The Bertz CT molecular complexity index is 382. The SMILES string of the molecule is NCC1(CC(=O)O)CC(Cc2ccccc2)C1. The fraction of sp³-hybridized carbons (Fsp3) is 0.500. The molecule has 0 unspecified atom stereocenters. The maximum atomic E-state index is 10.8. The number of carbonyl (C=O) groups is 1. The van der Waals surface area contributed by atoms with Gasteiger partial charge in [-0.1, -0.05) is 30.3 Å². The van der Waals surface area contributed by atoms with E-state index in [1.807, 2.05) is 18.2 Å². The molecular weight excluding hydrogens is 214 g/mol. The van der Waals surface area contributed by atoms with Crippen LogP contribution in [-0.4, -0.2) is 17.6 Å². The molecule has 3 N–H and O–H groups in total. The molecular formula is C14H19NO2. The van der Waals surface area contributed by atoms with Crippen molar-refractivity contribution >= 4 is 5.97 Å². The molecule has 0 aromatic heterocycles. The van der Waals surface area contributed by atoms with E-state index >= 15 is 0 Å². The topological polar surface area (TPSA) is 63.3 Å². The normalized spacial score (nSPS) is 27.5. The molecule has 3 heteroatoms. The first-order valence-corrected chi connectivity index (χ1v) is 6.09. The van der Waals surface area contributed by atoms with Crippen LogP contribution < -0.4 is 5.73 Å². The van der Waals surface area contributed by atoms with E-state index in [0.29, 0.717) is 12.5 Å². The molecule has 1 aliphatic carbocycles. The summed E-state index contributed by atoms with van der Waals surface area (Å²) < 4.78 is 0. The highest BCUT2D eigenvalue weighted by molar-refractivity contribution is 5.68. The lowest BCUT2D eigenvalue weighted by Gasteiger charge is -2.46. The molecule has 0 atom stereocenters. The minimum atomic E-state index is -0.728. The first-order chi connectivity index (χ1) is 8.13. The number of carboxylic acid groups (broad SMARTS) is 1. The van der Waals surface area contributed by atoms with Gasteiger partial charge in [0.05, 0.1) is 6.42 Å². The van der Waals surface area contributed by atoms with Crippen LogP contribution in [0.4, 0.5) is 0 Å². The van der Waals surface area contributed by atoms with Gasteiger partial charge in [-0.25, -0.2) is 0 Å². The van der Waals surface area contributed by atoms with Crippen molar-refractivity contribution in [1.82, 2.24) is 0 Å². The predicted molar refractivity (Wildman–Crippen MR) is 66.6 cm³/mol. The van der Waals surface area contributed by atoms with E-state index in [4.69, 9.17) is 10.8 Å². The third-order valence-electron chi connectivity index (χ3n) is 3.77. The highest BCUT2D eigenvalue weighted by atomic mass is 16.4. The molecule has 3 nitrogen and oxygen atoms in total. The first kappa shape index (κ1) is 12.1. The van der Waals surface area contributed by atoms with E-state index in [1.54, 1.807) is 0 Å². The van der Waals surface area contributed by atoms with Crippen molar-refractivity contribution in [2.24, 2.45) is 17.1 Å². The van der Waals surface area contributed by atoms with E-state index < -0.39 is 5.97 Å². The zero-order valence-electron chi connectivity index (χ0n) is 9.93. The summed E-state index contributed by atoms with van der Waals surface area (Å²) in [5.74, 6) is -0.131. The Morgan fingerprint density at radius 3 is 2.53 bits per heavy atom. The molecule has 1 aromatic carbocycles. The van der Waals surface area contributed by atoms with E-state index in [1.165, 1.54) is 5.56 Å². The molecule has 17 heavy (non-hydrogen) atoms. The minimum Gasteiger partial charge on any atom is -0.481 e. The van der Waals surface area contributed by atoms with Crippen LogP contribution in [0.2, 0.25) is 0 Å². The molecule has 0 aliphatic heterocycles. The molecule has 2 rings (SSSR count). The summed E-state index contributed by atoms with van der Waals surface area (Å²) in [4.78, 5) is 10.8. The molecule has 0 spiro atoms. The van der Waals surface area contributed by atoms with Crippen LogP contribution in [0.1, 0.15) is 24.8 Å². The predicted octanol–water partition coefficient (Wildman–Crippen LogP) is 2.06. The lowest BCUT2D eigenvalue weighted by Crippen LogP contribution is -2.45. The lowest BCUT2D eigenvalue weighted by molar-refractivity contribution is -0.142. The van der Waals surface area contributed by atoms with Crippen LogP contribution in [0.25, 0.3) is 0 Å². The Morgan fingerprint density at radius 1 is 1.35 bits per heavy atom. The fourth-order valence-corrected chi connectivity index (χ4v) is 2.96. The van der Waals surface area contributed by atoms with Crippen LogP contribution in [0.5, 0.6) is 0 Å². The summed E-state index contributed by atoms with van der Waals surface area (Å²) in [5, 5.41) is 8.87. The summed E-state index contributed by atoms with van der Waals surface area (Å²) in [5.41, 5.74) is 6.91. The van der Waals surface area contributed by atoms with Gasteiger partial charge in [-0.15, -0.1) is 0 Å². The van der Waals surface area contributed by atoms with Crippen LogP contribution in [0.15, 0.2) is 30.3 Å². The van der Waals surface area contributed by atoms with Crippen LogP contribution in [-0.2, 0) is 11.2 Å². The zero-order chi connectivity index (χ0) is 12.3. The minimum absolute atomic E-state index is 0.134. The van der Waals surface area contributed by atoms with Gasteiger partial charge in [-0.3, -0.25) is 4.79 Å². The van der Waals surface area contributed by atoms with Crippen molar-refractivity contribution in [2.45, 2.75) is 25.7 Å². The summed E-state index contributed by atoms with van der Waals surface area (Å²) in [6.45, 7) is 0.491. The number of hydrogen-bond donors (Lipinski definition) is 2. The van der Waals surface area contributed by atoms with Gasteiger partial charge >= 0.3 is 5.97 Å². The Morgan fingerprint density at radius 2 is 2.00 bits per heavy atom. The molecule has 0 saturated heterocycles. The monoisotopic (exact) mass is 233 g/mol. The largest absolute Gasteiger partial charge is 0.481 e. The van der Waals surface area contributed by atoms with E-state index in [9.17, 15) is 4.79 Å². The highest BCUT2D eigenvalue weighted by Gasteiger charge is 2.44. The number of carboxylic acids is 1. The van der Waals surface area contributed by atoms with Gasteiger partial charge < -0.3 is 10.8 Å². The second-order valence-electron chi connectivity index (χ2n) is 5.24. The van der Waals surface area contributed by atoms with Crippen molar-refractivity contribution < 1.29 is 9.90 Å². The van der Waals surface area contributed by atoms with Crippen molar-refractivity contribution in [1.29, 1.82) is 0 Å². The average Bonchev–Trinajstić information content (AvgIpc) is 2.26. The second kappa shape index (κ2) is 4.88. The summed E-state index contributed by atoms with van der Waals surface area (Å²) >= 11 is 0. The summed E-state index contributed by atoms with van der Waals surface area (Å²) in [6, 6.07) is 10.3. The average molecular weight is 233 g/mol. The Labute approximate surface area is 102 Å². The number of benzene rings is 1. The Kier molecular flexibility index (Phi) is 3.48. The van der Waals surface area contributed by atoms with E-state index in [2.05, 4.69) is 12.1 Å². The van der Waals surface area contributed by atoms with Gasteiger partial charge in [0.1, 0.15) is 0 Å². The summed E-state index contributed by atoms with van der Waals surface area (Å²) in [7, 11) is 0. The molecule has 1 fully saturated rings. The number of rotatable bonds is 5. The van der Waals surface area contributed by atoms with Crippen molar-refractivity contribution in [2.75, 3.05) is 6.54 Å². The highest BCUT2D eigenvalue weighted by Crippen LogP contribution is 2.48. The van der Waals surface area contributed by atoms with Gasteiger partial charge in [0.15, 0.2) is 0 Å². The van der Waals surface area contributed by atoms with Crippen LogP contribution in [0.3, 0.4) is 0 Å². The van der Waals surface area contributed by atoms with Crippen molar-refractivity contribution in [3.8, 4) is 0 Å². The van der Waals surface area contributed by atoms with Crippen molar-refractivity contribution in [3.63, 3.8) is 0 Å². The quantitative estimate of drug-likeness (QED) is 0.818. The third kappa shape index (κ3) is 2.86. The first-order valence-electron chi connectivity index (χ1n) is 6.09. The van der Waals surface area contributed by atoms with Crippen molar-refractivity contribution in [3.05, 3.63) is 35.9 Å². The molecule has 92 valence electrons. The summed E-state index contributed by atoms with van der Waals surface area (Å²) in [6.07, 6.45) is 3.16. The van der Waals surface area contributed by atoms with Gasteiger partial charge in [-0.2, -0.15) is 0 Å². The second-order valence-corrected chi connectivity index (χ2v) is 5.24. The number of hydrogen-bond acceptors (Lipinski definition) is 2. The van der Waals surface area contributed by atoms with Gasteiger partial charge in [0.2, 0.25) is 0 Å². The Balaban J connectivity index is 1.87. The smallest absolute Gasteiger partial charge is 0.303 e. The maximum Gasteiger partial charge on any atom is 0.303 e. The standard InChI is InChI=1S/C14H19NO2/c15-10-14(9-13(16)17)7-12(8-14)6-11-4-2-1-3-5-11/h1-5,12H,6-10,15H2,(H,16,17). The molecule has 1 aliphatic rings. The zero-order valence-corrected chi connectivity index (χ0v) is 9.93. The van der Waals surface area contributed by atoms with E-state index in [-0.39, 0.29) is 11.8 Å². The number of aliphatic carboxylic acids is 1. The third-order valence-corrected chi connectivity index (χ3v) is 3.77. The molecule has 0 amide bonds. The molecule has 0 heterocycles.